The van der Waals surface area contributed by atoms with Gasteiger partial charge in [-0.05, 0) is 49.0 Å². The Kier molecular flexibility index (Phi) is 5.94. The Hall–Kier alpha value is -3.85. The quantitative estimate of drug-likeness (QED) is 0.384. The van der Waals surface area contributed by atoms with Crippen molar-refractivity contribution in [2.24, 2.45) is 0 Å². The normalized spacial score (nSPS) is 14.3. The monoisotopic (exact) mass is 478 g/mol. The van der Waals surface area contributed by atoms with Crippen molar-refractivity contribution in [3.05, 3.63) is 77.4 Å². The second-order valence-corrected chi connectivity index (χ2v) is 9.08. The molecule has 1 aliphatic heterocycles. The van der Waals surface area contributed by atoms with Crippen molar-refractivity contribution in [3.63, 3.8) is 0 Å². The Morgan fingerprint density at radius 1 is 1.14 bits per heavy atom. The molecular formula is C26H24F2N4O3. The van der Waals surface area contributed by atoms with E-state index in [1.807, 2.05) is 27.0 Å². The number of carbonyl (C=O) groups excluding carboxylic acids is 1. The molecule has 9 heteroatoms. The van der Waals surface area contributed by atoms with E-state index in [0.29, 0.717) is 28.5 Å². The van der Waals surface area contributed by atoms with Crippen LogP contribution in [-0.2, 0) is 0 Å². The van der Waals surface area contributed by atoms with Gasteiger partial charge in [0.1, 0.15) is 29.2 Å². The minimum Gasteiger partial charge on any atom is -0.443 e. The van der Waals surface area contributed by atoms with Crippen LogP contribution in [0.3, 0.4) is 0 Å². The minimum atomic E-state index is -0.610. The molecule has 0 bridgehead atoms. The van der Waals surface area contributed by atoms with Gasteiger partial charge >= 0.3 is 0 Å². The Morgan fingerprint density at radius 2 is 1.89 bits per heavy atom. The van der Waals surface area contributed by atoms with E-state index in [4.69, 9.17) is 8.94 Å². The van der Waals surface area contributed by atoms with E-state index in [0.717, 1.165) is 18.7 Å². The van der Waals surface area contributed by atoms with Gasteiger partial charge in [-0.15, -0.1) is 0 Å². The third kappa shape index (κ3) is 4.46. The zero-order valence-electron chi connectivity index (χ0n) is 19.5. The molecule has 1 aliphatic rings. The van der Waals surface area contributed by atoms with Crippen LogP contribution in [0.15, 0.2) is 57.7 Å². The Balaban J connectivity index is 1.40. The van der Waals surface area contributed by atoms with E-state index in [1.165, 1.54) is 24.5 Å². The largest absolute Gasteiger partial charge is 0.443 e. The molecule has 5 rings (SSSR count). The highest BCUT2D eigenvalue weighted by Crippen LogP contribution is 2.37. The van der Waals surface area contributed by atoms with Crippen LogP contribution < -0.4 is 5.32 Å². The third-order valence-corrected chi connectivity index (χ3v) is 6.09. The second kappa shape index (κ2) is 9.07. The lowest BCUT2D eigenvalue weighted by molar-refractivity contribution is 0.102. The van der Waals surface area contributed by atoms with Crippen molar-refractivity contribution in [1.82, 2.24) is 15.0 Å². The van der Waals surface area contributed by atoms with Crippen LogP contribution in [0.2, 0.25) is 0 Å². The maximum absolute atomic E-state index is 14.7. The number of hydrogen-bond donors (Lipinski definition) is 1. The van der Waals surface area contributed by atoms with E-state index < -0.39 is 11.7 Å². The molecule has 3 heterocycles. The maximum atomic E-state index is 14.7. The molecule has 0 radical (unpaired) electrons. The SMILES string of the molecule is CC(C)c1onc(-c2ccc(F)cc2)c1-c1nc(C(=O)Nc2ccc(C3CN(C)C3)cc2F)co1. The number of nitrogens with one attached hydrogen (secondary N) is 1. The first-order valence-corrected chi connectivity index (χ1v) is 11.3. The van der Waals surface area contributed by atoms with Gasteiger partial charge in [0.15, 0.2) is 11.5 Å². The molecule has 0 atom stereocenters. The highest BCUT2D eigenvalue weighted by molar-refractivity contribution is 6.03. The molecule has 1 N–H and O–H groups in total. The van der Waals surface area contributed by atoms with Crippen LogP contribution in [0, 0.1) is 11.6 Å². The average molecular weight is 478 g/mol. The van der Waals surface area contributed by atoms with E-state index in [-0.39, 0.29) is 29.0 Å². The number of nitrogens with zero attached hydrogens (tertiary/aromatic N) is 3. The number of hydrogen-bond acceptors (Lipinski definition) is 6. The number of likely N-dealkylation sites (tertiary alicyclic amines) is 1. The van der Waals surface area contributed by atoms with E-state index in [1.54, 1.807) is 18.2 Å². The molecule has 180 valence electrons. The summed E-state index contributed by atoms with van der Waals surface area (Å²) in [6, 6.07) is 10.6. The highest BCUT2D eigenvalue weighted by atomic mass is 19.1. The van der Waals surface area contributed by atoms with Gasteiger partial charge in [0.05, 0.1) is 5.69 Å². The summed E-state index contributed by atoms with van der Waals surface area (Å²) in [6.45, 7) is 5.61. The molecule has 2 aromatic heterocycles. The fraction of sp³-hybridized carbons (Fsp3) is 0.269. The van der Waals surface area contributed by atoms with Crippen LogP contribution in [0.4, 0.5) is 14.5 Å². The number of benzene rings is 2. The van der Waals surface area contributed by atoms with Crippen molar-refractivity contribution >= 4 is 11.6 Å². The zero-order valence-corrected chi connectivity index (χ0v) is 19.5. The standard InChI is InChI=1S/C26H24F2N4O3/c1-14(2)24-22(23(31-35-24)15-4-7-18(27)8-5-15)26-30-21(13-34-26)25(33)29-20-9-6-16(10-19(20)28)17-11-32(3)12-17/h4-10,13-14,17H,11-12H2,1-3H3,(H,29,33). The summed E-state index contributed by atoms with van der Waals surface area (Å²) in [5.41, 5.74) is 2.46. The first-order chi connectivity index (χ1) is 16.8. The van der Waals surface area contributed by atoms with Crippen LogP contribution in [0.5, 0.6) is 0 Å². The number of oxazole rings is 1. The molecule has 0 saturated carbocycles. The summed E-state index contributed by atoms with van der Waals surface area (Å²) in [5, 5.41) is 6.69. The number of aromatic nitrogens is 2. The number of rotatable bonds is 6. The number of likely N-dealkylation sites (N-methyl/N-ethyl adjacent to an activating group) is 1. The van der Waals surface area contributed by atoms with Gasteiger partial charge in [-0.1, -0.05) is 25.1 Å². The lowest BCUT2D eigenvalue weighted by Gasteiger charge is -2.36. The average Bonchev–Trinajstić information content (AvgIpc) is 3.46. The van der Waals surface area contributed by atoms with Gasteiger partial charge in [-0.25, -0.2) is 13.8 Å². The van der Waals surface area contributed by atoms with E-state index in [9.17, 15) is 13.6 Å². The van der Waals surface area contributed by atoms with Crippen molar-refractivity contribution in [2.45, 2.75) is 25.7 Å². The van der Waals surface area contributed by atoms with Crippen LogP contribution in [0.25, 0.3) is 22.7 Å². The number of amides is 1. The lowest BCUT2D eigenvalue weighted by Crippen LogP contribution is -2.41. The number of halogens is 2. The van der Waals surface area contributed by atoms with Gasteiger partial charge in [0.25, 0.3) is 5.91 Å². The molecule has 1 fully saturated rings. The Bertz CT molecular complexity index is 1370. The molecular weight excluding hydrogens is 454 g/mol. The summed E-state index contributed by atoms with van der Waals surface area (Å²) in [5.74, 6) is -0.607. The van der Waals surface area contributed by atoms with Gasteiger partial charge in [0, 0.05) is 30.5 Å². The molecule has 0 aliphatic carbocycles. The fourth-order valence-corrected chi connectivity index (χ4v) is 4.18. The van der Waals surface area contributed by atoms with Crippen LogP contribution >= 0.6 is 0 Å². The number of carbonyl (C=O) groups is 1. The number of anilines is 1. The predicted molar refractivity (Wildman–Crippen MR) is 126 cm³/mol. The predicted octanol–water partition coefficient (Wildman–Crippen LogP) is 5.68. The summed E-state index contributed by atoms with van der Waals surface area (Å²) >= 11 is 0. The topological polar surface area (TPSA) is 84.4 Å². The molecule has 7 nitrogen and oxygen atoms in total. The zero-order chi connectivity index (χ0) is 24.7. The summed E-state index contributed by atoms with van der Waals surface area (Å²) in [7, 11) is 2.01. The maximum Gasteiger partial charge on any atom is 0.277 e. The first-order valence-electron chi connectivity index (χ1n) is 11.3. The van der Waals surface area contributed by atoms with E-state index in [2.05, 4.69) is 20.4 Å². The molecule has 35 heavy (non-hydrogen) atoms. The minimum absolute atomic E-state index is 0.0231. The van der Waals surface area contributed by atoms with Crippen molar-refractivity contribution in [2.75, 3.05) is 25.5 Å². The third-order valence-electron chi connectivity index (χ3n) is 6.09. The van der Waals surface area contributed by atoms with Crippen molar-refractivity contribution in [3.8, 4) is 22.7 Å². The Morgan fingerprint density at radius 3 is 2.54 bits per heavy atom. The molecule has 4 aromatic rings. The van der Waals surface area contributed by atoms with Gasteiger partial charge in [0.2, 0.25) is 5.89 Å². The van der Waals surface area contributed by atoms with Crippen LogP contribution in [-0.4, -0.2) is 41.1 Å². The van der Waals surface area contributed by atoms with Gasteiger partial charge in [-0.2, -0.15) is 0 Å². The molecule has 2 aromatic carbocycles. The summed E-state index contributed by atoms with van der Waals surface area (Å²) in [4.78, 5) is 19.3. The smallest absolute Gasteiger partial charge is 0.277 e. The fourth-order valence-electron chi connectivity index (χ4n) is 4.18. The molecule has 1 saturated heterocycles. The van der Waals surface area contributed by atoms with Gasteiger partial charge in [-0.3, -0.25) is 4.79 Å². The summed E-state index contributed by atoms with van der Waals surface area (Å²) in [6.07, 6.45) is 1.20. The van der Waals surface area contributed by atoms with Crippen LogP contribution in [0.1, 0.15) is 47.5 Å². The first kappa shape index (κ1) is 22.9. The molecule has 0 spiro atoms. The highest BCUT2D eigenvalue weighted by Gasteiger charge is 2.27. The van der Waals surface area contributed by atoms with Crippen molar-refractivity contribution < 1.29 is 22.5 Å². The molecule has 1 amide bonds. The lowest BCUT2D eigenvalue weighted by atomic mass is 9.92. The van der Waals surface area contributed by atoms with Crippen molar-refractivity contribution in [1.29, 1.82) is 0 Å². The second-order valence-electron chi connectivity index (χ2n) is 9.08. The summed E-state index contributed by atoms with van der Waals surface area (Å²) < 4.78 is 39.2. The Labute approximate surface area is 200 Å². The van der Waals surface area contributed by atoms with Gasteiger partial charge < -0.3 is 19.2 Å². The molecule has 0 unspecified atom stereocenters. The van der Waals surface area contributed by atoms with E-state index >= 15 is 0 Å².